The van der Waals surface area contributed by atoms with Crippen molar-refractivity contribution in [2.75, 3.05) is 13.2 Å². The summed E-state index contributed by atoms with van der Waals surface area (Å²) in [7, 11) is 0. The van der Waals surface area contributed by atoms with Crippen LogP contribution < -0.4 is 0 Å². The monoisotopic (exact) mass is 342 g/mol. The van der Waals surface area contributed by atoms with E-state index in [0.717, 1.165) is 35.1 Å². The third kappa shape index (κ3) is 2.82. The van der Waals surface area contributed by atoms with Crippen molar-refractivity contribution in [1.29, 1.82) is 0 Å². The summed E-state index contributed by atoms with van der Waals surface area (Å²) >= 11 is 0. The first-order valence-electron chi connectivity index (χ1n) is 9.33. The van der Waals surface area contributed by atoms with Crippen LogP contribution in [-0.4, -0.2) is 50.9 Å². The summed E-state index contributed by atoms with van der Waals surface area (Å²) in [4.78, 5) is 20.1. The smallest absolute Gasteiger partial charge is 0.255 e. The molecule has 4 rings (SSSR count). The molecule has 0 aromatic carbocycles. The van der Waals surface area contributed by atoms with Gasteiger partial charge in [-0.3, -0.25) is 4.79 Å². The number of morpholine rings is 1. The van der Waals surface area contributed by atoms with E-state index in [1.165, 1.54) is 12.8 Å². The average molecular weight is 342 g/mol. The Morgan fingerprint density at radius 3 is 2.92 bits per heavy atom. The molecular weight excluding hydrogens is 316 g/mol. The van der Waals surface area contributed by atoms with E-state index in [1.807, 2.05) is 22.6 Å². The fraction of sp³-hybridized carbons (Fsp3) is 0.632. The second-order valence-corrected chi connectivity index (χ2v) is 7.49. The Hall–Kier alpha value is -1.95. The van der Waals surface area contributed by atoms with E-state index in [4.69, 9.17) is 4.74 Å². The minimum absolute atomic E-state index is 0.0963. The van der Waals surface area contributed by atoms with Crippen LogP contribution >= 0.6 is 0 Å². The lowest BCUT2D eigenvalue weighted by atomic mass is 9.89. The van der Waals surface area contributed by atoms with Crippen LogP contribution in [0.25, 0.3) is 11.0 Å². The Morgan fingerprint density at radius 1 is 1.32 bits per heavy atom. The van der Waals surface area contributed by atoms with Gasteiger partial charge in [0.1, 0.15) is 0 Å². The molecule has 1 amide bonds. The third-order valence-electron chi connectivity index (χ3n) is 5.41. The zero-order valence-electron chi connectivity index (χ0n) is 15.2. The Kier molecular flexibility index (Phi) is 4.23. The molecule has 1 saturated carbocycles. The van der Waals surface area contributed by atoms with Gasteiger partial charge in [-0.25, -0.2) is 9.67 Å². The first-order chi connectivity index (χ1) is 12.1. The molecule has 1 aliphatic heterocycles. The highest BCUT2D eigenvalue weighted by atomic mass is 16.5. The number of ether oxygens (including phenoxy) is 1. The molecule has 25 heavy (non-hydrogen) atoms. The van der Waals surface area contributed by atoms with Crippen molar-refractivity contribution in [2.45, 2.75) is 64.6 Å². The van der Waals surface area contributed by atoms with Gasteiger partial charge in [-0.2, -0.15) is 5.10 Å². The summed E-state index contributed by atoms with van der Waals surface area (Å²) in [5.41, 5.74) is 2.37. The van der Waals surface area contributed by atoms with Gasteiger partial charge in [-0.05, 0) is 39.7 Å². The number of fused-ring (bicyclic) bond motifs is 2. The summed E-state index contributed by atoms with van der Waals surface area (Å²) in [6.45, 7) is 7.39. The number of rotatable bonds is 2. The number of aromatic nitrogens is 3. The number of hydrogen-bond donors (Lipinski definition) is 0. The van der Waals surface area contributed by atoms with Crippen molar-refractivity contribution in [3.63, 3.8) is 0 Å². The topological polar surface area (TPSA) is 60.3 Å². The van der Waals surface area contributed by atoms with Crippen LogP contribution in [0.1, 0.15) is 61.6 Å². The fourth-order valence-electron chi connectivity index (χ4n) is 4.20. The Balaban J connectivity index is 1.74. The highest BCUT2D eigenvalue weighted by molar-refractivity contribution is 6.05. The van der Waals surface area contributed by atoms with Crippen molar-refractivity contribution in [3.8, 4) is 0 Å². The Morgan fingerprint density at radius 2 is 2.12 bits per heavy atom. The van der Waals surface area contributed by atoms with E-state index in [-0.39, 0.29) is 24.1 Å². The highest BCUT2D eigenvalue weighted by Crippen LogP contribution is 2.31. The minimum atomic E-state index is 0.0963. The van der Waals surface area contributed by atoms with Crippen LogP contribution in [0.5, 0.6) is 0 Å². The van der Waals surface area contributed by atoms with Gasteiger partial charge in [0.2, 0.25) is 0 Å². The van der Waals surface area contributed by atoms with Crippen LogP contribution in [-0.2, 0) is 4.74 Å². The van der Waals surface area contributed by atoms with Gasteiger partial charge in [0.25, 0.3) is 5.91 Å². The van der Waals surface area contributed by atoms with Gasteiger partial charge in [0.15, 0.2) is 5.65 Å². The summed E-state index contributed by atoms with van der Waals surface area (Å²) in [5, 5.41) is 5.31. The molecule has 2 aliphatic rings. The van der Waals surface area contributed by atoms with Gasteiger partial charge in [0, 0.05) is 18.3 Å². The SMILES string of the molecule is Cc1cc(C(=O)N2CCO[C@H]3CCCC[C@H]32)c2cnn(C(C)C)c2n1. The van der Waals surface area contributed by atoms with Gasteiger partial charge in [-0.15, -0.1) is 0 Å². The highest BCUT2D eigenvalue weighted by Gasteiger charge is 2.37. The second kappa shape index (κ2) is 6.41. The first kappa shape index (κ1) is 16.5. The molecule has 0 spiro atoms. The predicted octanol–water partition coefficient (Wildman–Crippen LogP) is 3.10. The van der Waals surface area contributed by atoms with Gasteiger partial charge in [0.05, 0.1) is 35.9 Å². The van der Waals surface area contributed by atoms with E-state index in [9.17, 15) is 4.79 Å². The molecule has 3 heterocycles. The molecule has 2 fully saturated rings. The average Bonchev–Trinajstić information content (AvgIpc) is 3.04. The normalized spacial score (nSPS) is 23.9. The summed E-state index contributed by atoms with van der Waals surface area (Å²) in [6.07, 6.45) is 6.45. The van der Waals surface area contributed by atoms with Crippen LogP contribution in [0, 0.1) is 6.92 Å². The molecule has 2 aromatic heterocycles. The van der Waals surface area contributed by atoms with E-state index >= 15 is 0 Å². The first-order valence-corrected chi connectivity index (χ1v) is 9.33. The maximum atomic E-state index is 13.4. The third-order valence-corrected chi connectivity index (χ3v) is 5.41. The van der Waals surface area contributed by atoms with Gasteiger partial charge in [-0.1, -0.05) is 12.8 Å². The van der Waals surface area contributed by atoms with Crippen molar-refractivity contribution in [3.05, 3.63) is 23.5 Å². The molecule has 1 saturated heterocycles. The second-order valence-electron chi connectivity index (χ2n) is 7.49. The molecule has 0 N–H and O–H groups in total. The van der Waals surface area contributed by atoms with Gasteiger partial charge < -0.3 is 9.64 Å². The number of carbonyl (C=O) groups excluding carboxylic acids is 1. The van der Waals surface area contributed by atoms with E-state index in [1.54, 1.807) is 6.20 Å². The summed E-state index contributed by atoms with van der Waals surface area (Å²) in [6, 6.07) is 2.32. The molecule has 6 heteroatoms. The number of hydrogen-bond acceptors (Lipinski definition) is 4. The largest absolute Gasteiger partial charge is 0.374 e. The maximum absolute atomic E-state index is 13.4. The van der Waals surface area contributed by atoms with E-state index in [2.05, 4.69) is 23.9 Å². The molecular formula is C19H26N4O2. The van der Waals surface area contributed by atoms with Crippen LogP contribution in [0.2, 0.25) is 0 Å². The van der Waals surface area contributed by atoms with Crippen LogP contribution in [0.15, 0.2) is 12.3 Å². The van der Waals surface area contributed by atoms with Crippen molar-refractivity contribution < 1.29 is 9.53 Å². The lowest BCUT2D eigenvalue weighted by Crippen LogP contribution is -2.54. The number of aryl methyl sites for hydroxylation is 1. The van der Waals surface area contributed by atoms with E-state index in [0.29, 0.717) is 13.2 Å². The number of carbonyl (C=O) groups is 1. The van der Waals surface area contributed by atoms with E-state index < -0.39 is 0 Å². The number of nitrogens with zero attached hydrogens (tertiary/aromatic N) is 4. The fourth-order valence-corrected chi connectivity index (χ4v) is 4.20. The number of pyridine rings is 1. The molecule has 1 aliphatic carbocycles. The van der Waals surface area contributed by atoms with Gasteiger partial charge >= 0.3 is 0 Å². The van der Waals surface area contributed by atoms with Crippen molar-refractivity contribution in [1.82, 2.24) is 19.7 Å². The minimum Gasteiger partial charge on any atom is -0.374 e. The maximum Gasteiger partial charge on any atom is 0.255 e. The summed E-state index contributed by atoms with van der Waals surface area (Å²) in [5.74, 6) is 0.0963. The zero-order chi connectivity index (χ0) is 17.6. The van der Waals surface area contributed by atoms with Crippen molar-refractivity contribution in [2.24, 2.45) is 0 Å². The van der Waals surface area contributed by atoms with Crippen LogP contribution in [0.3, 0.4) is 0 Å². The lowest BCUT2D eigenvalue weighted by Gasteiger charge is -2.43. The van der Waals surface area contributed by atoms with Crippen LogP contribution in [0.4, 0.5) is 0 Å². The molecule has 2 atom stereocenters. The lowest BCUT2D eigenvalue weighted by molar-refractivity contribution is -0.0752. The molecule has 6 nitrogen and oxygen atoms in total. The Bertz CT molecular complexity index is 796. The predicted molar refractivity (Wildman–Crippen MR) is 95.7 cm³/mol. The van der Waals surface area contributed by atoms with Crippen molar-refractivity contribution >= 4 is 16.9 Å². The molecule has 0 unspecified atom stereocenters. The molecule has 0 bridgehead atoms. The molecule has 0 radical (unpaired) electrons. The molecule has 134 valence electrons. The molecule has 2 aromatic rings. The Labute approximate surface area is 148 Å². The number of amides is 1. The quantitative estimate of drug-likeness (QED) is 0.841. The zero-order valence-corrected chi connectivity index (χ0v) is 15.2. The standard InChI is InChI=1S/C19H26N4O2/c1-12(2)23-18-15(11-20-23)14(10-13(3)21-18)19(24)22-8-9-25-17-7-5-4-6-16(17)22/h10-12,16-17H,4-9H2,1-3H3/t16-,17+/m1/s1. The summed E-state index contributed by atoms with van der Waals surface area (Å²) < 4.78 is 7.81.